The number of rotatable bonds is 5. The van der Waals surface area contributed by atoms with Gasteiger partial charge in [-0.3, -0.25) is 10.1 Å². The number of carbonyl (C=O) groups is 2. The Kier molecular flexibility index (Phi) is 5.10. The van der Waals surface area contributed by atoms with E-state index >= 15 is 0 Å². The fourth-order valence-corrected chi connectivity index (χ4v) is 3.65. The Morgan fingerprint density at radius 3 is 2.74 bits per heavy atom. The molecule has 2 aromatic heterocycles. The van der Waals surface area contributed by atoms with Crippen LogP contribution < -0.4 is 5.32 Å². The Morgan fingerprint density at radius 2 is 2.04 bits per heavy atom. The van der Waals surface area contributed by atoms with Gasteiger partial charge in [0.05, 0.1) is 17.7 Å². The van der Waals surface area contributed by atoms with Crippen molar-refractivity contribution >= 4 is 38.2 Å². The number of nitrogens with zero attached hydrogens (tertiary/aromatic N) is 1. The van der Waals surface area contributed by atoms with E-state index in [1.165, 1.54) is 42.7 Å². The third-order valence-corrected chi connectivity index (χ3v) is 5.50. The fraction of sp³-hybridized carbons (Fsp3) is 0.118. The molecule has 0 spiro atoms. The Balaban J connectivity index is 1.77. The normalized spacial score (nSPS) is 11.2. The van der Waals surface area contributed by atoms with E-state index in [0.717, 1.165) is 6.26 Å². The maximum Gasteiger partial charge on any atom is 0.354 e. The van der Waals surface area contributed by atoms with Crippen LogP contribution in [0.3, 0.4) is 0 Å². The highest BCUT2D eigenvalue weighted by molar-refractivity contribution is 7.90. The number of hydrogen-bond acceptors (Lipinski definition) is 7. The second-order valence-corrected chi connectivity index (χ2v) is 8.46. The van der Waals surface area contributed by atoms with E-state index in [0.29, 0.717) is 22.1 Å². The van der Waals surface area contributed by atoms with E-state index in [2.05, 4.69) is 20.0 Å². The lowest BCUT2D eigenvalue weighted by atomic mass is 10.2. The topological polar surface area (TPSA) is 118 Å². The second kappa shape index (κ2) is 7.33. The average Bonchev–Trinajstić information content (AvgIpc) is 3.29. The van der Waals surface area contributed by atoms with E-state index < -0.39 is 21.7 Å². The van der Waals surface area contributed by atoms with Crippen molar-refractivity contribution in [3.05, 3.63) is 53.2 Å². The van der Waals surface area contributed by atoms with Crippen molar-refractivity contribution in [1.29, 1.82) is 0 Å². The van der Waals surface area contributed by atoms with Crippen molar-refractivity contribution in [2.45, 2.75) is 4.90 Å². The molecule has 0 saturated heterocycles. The molecule has 0 aliphatic rings. The highest BCUT2D eigenvalue weighted by Gasteiger charge is 2.15. The number of aromatic amines is 1. The molecule has 0 atom stereocenters. The van der Waals surface area contributed by atoms with Crippen LogP contribution in [0.25, 0.3) is 11.3 Å². The summed E-state index contributed by atoms with van der Waals surface area (Å²) in [6.45, 7) is 0. The van der Waals surface area contributed by atoms with Gasteiger partial charge in [0.2, 0.25) is 0 Å². The van der Waals surface area contributed by atoms with Crippen molar-refractivity contribution in [2.75, 3.05) is 18.7 Å². The number of sulfone groups is 1. The monoisotopic (exact) mass is 405 g/mol. The van der Waals surface area contributed by atoms with Crippen LogP contribution in [-0.4, -0.2) is 43.6 Å². The molecule has 0 aliphatic heterocycles. The number of amides is 1. The van der Waals surface area contributed by atoms with Crippen LogP contribution in [-0.2, 0) is 14.6 Å². The molecule has 2 heterocycles. The zero-order chi connectivity index (χ0) is 19.6. The molecule has 0 aliphatic carbocycles. The smallest absolute Gasteiger partial charge is 0.354 e. The third-order valence-electron chi connectivity index (χ3n) is 3.63. The maximum absolute atomic E-state index is 12.4. The van der Waals surface area contributed by atoms with Gasteiger partial charge in [0.15, 0.2) is 15.0 Å². The van der Waals surface area contributed by atoms with Gasteiger partial charge in [-0.25, -0.2) is 18.2 Å². The van der Waals surface area contributed by atoms with Crippen molar-refractivity contribution < 1.29 is 22.7 Å². The number of ether oxygens (including phenoxy) is 1. The first kappa shape index (κ1) is 18.8. The number of nitrogens with one attached hydrogen (secondary N) is 2. The molecule has 0 radical (unpaired) electrons. The van der Waals surface area contributed by atoms with E-state index in [-0.39, 0.29) is 10.5 Å². The summed E-state index contributed by atoms with van der Waals surface area (Å²) >= 11 is 1.21. The Bertz CT molecular complexity index is 1120. The first-order valence-corrected chi connectivity index (χ1v) is 10.4. The summed E-state index contributed by atoms with van der Waals surface area (Å²) in [5.74, 6) is -0.957. The van der Waals surface area contributed by atoms with Crippen LogP contribution in [0.15, 0.2) is 46.8 Å². The average molecular weight is 405 g/mol. The quantitative estimate of drug-likeness (QED) is 0.630. The Hall–Kier alpha value is -2.98. The lowest BCUT2D eigenvalue weighted by Gasteiger charge is -2.04. The molecule has 0 fully saturated rings. The van der Waals surface area contributed by atoms with Gasteiger partial charge in [0.1, 0.15) is 5.69 Å². The Morgan fingerprint density at radius 1 is 1.26 bits per heavy atom. The van der Waals surface area contributed by atoms with Crippen LogP contribution in [0.5, 0.6) is 0 Å². The second-order valence-electron chi connectivity index (χ2n) is 5.59. The van der Waals surface area contributed by atoms with Gasteiger partial charge in [-0.15, -0.1) is 11.3 Å². The molecule has 3 aromatic rings. The highest BCUT2D eigenvalue weighted by atomic mass is 32.2. The van der Waals surface area contributed by atoms with Crippen LogP contribution in [0.1, 0.15) is 20.8 Å². The molecule has 2 N–H and O–H groups in total. The van der Waals surface area contributed by atoms with E-state index in [9.17, 15) is 18.0 Å². The molecule has 10 heteroatoms. The molecule has 27 heavy (non-hydrogen) atoms. The molecule has 0 unspecified atom stereocenters. The summed E-state index contributed by atoms with van der Waals surface area (Å²) in [5.41, 5.74) is 1.76. The predicted molar refractivity (Wildman–Crippen MR) is 101 cm³/mol. The van der Waals surface area contributed by atoms with E-state index in [1.54, 1.807) is 17.6 Å². The summed E-state index contributed by atoms with van der Waals surface area (Å²) in [4.78, 5) is 31.0. The number of methoxy groups -OCH3 is 1. The largest absolute Gasteiger partial charge is 0.464 e. The number of anilines is 1. The number of aromatic nitrogens is 2. The molecule has 0 saturated carbocycles. The molecule has 8 nitrogen and oxygen atoms in total. The van der Waals surface area contributed by atoms with Crippen molar-refractivity contribution in [3.63, 3.8) is 0 Å². The molecule has 1 aromatic carbocycles. The summed E-state index contributed by atoms with van der Waals surface area (Å²) in [5, 5.41) is 4.72. The predicted octanol–water partition coefficient (Wildman–Crippen LogP) is 2.58. The van der Waals surface area contributed by atoms with Gasteiger partial charge in [0, 0.05) is 29.0 Å². The summed E-state index contributed by atoms with van der Waals surface area (Å²) in [7, 11) is -2.12. The van der Waals surface area contributed by atoms with Crippen LogP contribution >= 0.6 is 11.3 Å². The molecule has 1 amide bonds. The minimum absolute atomic E-state index is 0.0673. The van der Waals surface area contributed by atoms with E-state index in [4.69, 9.17) is 0 Å². The summed E-state index contributed by atoms with van der Waals surface area (Å²) in [6.07, 6.45) is 2.69. The molecule has 0 bridgehead atoms. The van der Waals surface area contributed by atoms with Crippen LogP contribution in [0.2, 0.25) is 0 Å². The molecular weight excluding hydrogens is 390 g/mol. The zero-order valence-electron chi connectivity index (χ0n) is 14.3. The molecule has 140 valence electrons. The minimum Gasteiger partial charge on any atom is -0.464 e. The Labute approximate surface area is 159 Å². The lowest BCUT2D eigenvalue weighted by molar-refractivity contribution is 0.0594. The minimum atomic E-state index is -3.40. The zero-order valence-corrected chi connectivity index (χ0v) is 16.0. The first-order chi connectivity index (χ1) is 12.8. The number of benzene rings is 1. The number of hydrogen-bond donors (Lipinski definition) is 2. The number of carbonyl (C=O) groups excluding carboxylic acids is 2. The van der Waals surface area contributed by atoms with Crippen molar-refractivity contribution in [1.82, 2.24) is 9.97 Å². The van der Waals surface area contributed by atoms with Gasteiger partial charge in [-0.2, -0.15) is 0 Å². The first-order valence-electron chi connectivity index (χ1n) is 7.62. The summed E-state index contributed by atoms with van der Waals surface area (Å²) in [6, 6.07) is 7.37. The van der Waals surface area contributed by atoms with Crippen molar-refractivity contribution in [3.8, 4) is 11.3 Å². The number of H-pyrrole nitrogens is 1. The van der Waals surface area contributed by atoms with Gasteiger partial charge < -0.3 is 9.72 Å². The van der Waals surface area contributed by atoms with Crippen LogP contribution in [0, 0.1) is 0 Å². The van der Waals surface area contributed by atoms with E-state index in [1.807, 2.05) is 0 Å². The summed E-state index contributed by atoms with van der Waals surface area (Å²) < 4.78 is 27.9. The highest BCUT2D eigenvalue weighted by Crippen LogP contribution is 2.26. The lowest BCUT2D eigenvalue weighted by Crippen LogP contribution is -2.12. The maximum atomic E-state index is 12.4. The fourth-order valence-electron chi connectivity index (χ4n) is 2.27. The standard InChI is InChI=1S/C17H15N3O5S2/c1-25-16(22)13-7-11(8-18-13)14-9-26-17(19-14)20-15(21)10-4-3-5-12(6-10)27(2,23)24/h3-9,18H,1-2H3,(H,19,20,21). The molecular formula is C17H15N3O5S2. The third kappa shape index (κ3) is 4.23. The molecule has 3 rings (SSSR count). The van der Waals surface area contributed by atoms with Gasteiger partial charge in [-0.1, -0.05) is 6.07 Å². The number of thiazole rings is 1. The van der Waals surface area contributed by atoms with Gasteiger partial charge in [0.25, 0.3) is 5.91 Å². The van der Waals surface area contributed by atoms with Crippen molar-refractivity contribution in [2.24, 2.45) is 0 Å². The SMILES string of the molecule is COC(=O)c1cc(-c2csc(NC(=O)c3cccc(S(C)(=O)=O)c3)n2)c[nH]1. The number of esters is 1. The van der Waals surface area contributed by atoms with Gasteiger partial charge in [-0.05, 0) is 24.3 Å². The van der Waals surface area contributed by atoms with Crippen LogP contribution in [0.4, 0.5) is 5.13 Å². The van der Waals surface area contributed by atoms with Gasteiger partial charge >= 0.3 is 5.97 Å².